The quantitative estimate of drug-likeness (QED) is 0.468. The third-order valence-corrected chi connectivity index (χ3v) is 5.08. The van der Waals surface area contributed by atoms with Gasteiger partial charge in [0.1, 0.15) is 0 Å². The molecule has 5 nitrogen and oxygen atoms in total. The molecule has 132 valence electrons. The summed E-state index contributed by atoms with van der Waals surface area (Å²) >= 11 is 7.82. The second-order valence-electron chi connectivity index (χ2n) is 5.48. The van der Waals surface area contributed by atoms with Crippen LogP contribution >= 0.6 is 23.4 Å². The molecule has 0 bridgehead atoms. The molecule has 2 aromatic carbocycles. The Morgan fingerprint density at radius 1 is 1.19 bits per heavy atom. The van der Waals surface area contributed by atoms with Crippen molar-refractivity contribution in [3.8, 4) is 11.4 Å². The van der Waals surface area contributed by atoms with Crippen LogP contribution < -0.4 is 0 Å². The average Bonchev–Trinajstić information content (AvgIpc) is 3.03. The molecule has 0 fully saturated rings. The van der Waals surface area contributed by atoms with E-state index in [1.807, 2.05) is 28.8 Å². The number of carbonyl (C=O) groups is 1. The second kappa shape index (κ2) is 8.21. The number of carboxylic acids is 1. The van der Waals surface area contributed by atoms with E-state index in [4.69, 9.17) is 16.7 Å². The third kappa shape index (κ3) is 3.98. The summed E-state index contributed by atoms with van der Waals surface area (Å²) in [5.41, 5.74) is 2.10. The van der Waals surface area contributed by atoms with Gasteiger partial charge in [-0.15, -0.1) is 16.8 Å². The SMILES string of the molecule is C=CCn1c(SCc2ccc(C(=O)O)cc2)nnc1-c1ccccc1Cl. The molecule has 0 spiro atoms. The largest absolute Gasteiger partial charge is 0.478 e. The van der Waals surface area contributed by atoms with Crippen molar-refractivity contribution in [3.63, 3.8) is 0 Å². The molecule has 0 saturated carbocycles. The van der Waals surface area contributed by atoms with Gasteiger partial charge in [0.2, 0.25) is 0 Å². The summed E-state index contributed by atoms with van der Waals surface area (Å²) in [6, 6.07) is 14.3. The molecular weight excluding hydrogens is 370 g/mol. The van der Waals surface area contributed by atoms with E-state index in [0.29, 0.717) is 23.1 Å². The summed E-state index contributed by atoms with van der Waals surface area (Å²) < 4.78 is 1.96. The number of aromatic carboxylic acids is 1. The molecule has 3 rings (SSSR count). The number of hydrogen-bond acceptors (Lipinski definition) is 4. The molecule has 1 N–H and O–H groups in total. The van der Waals surface area contributed by atoms with Gasteiger partial charge in [-0.3, -0.25) is 4.57 Å². The number of thioether (sulfide) groups is 1. The van der Waals surface area contributed by atoms with E-state index < -0.39 is 5.97 Å². The van der Waals surface area contributed by atoms with Crippen LogP contribution in [0.1, 0.15) is 15.9 Å². The zero-order chi connectivity index (χ0) is 18.5. The monoisotopic (exact) mass is 385 g/mol. The first kappa shape index (κ1) is 18.2. The number of carboxylic acid groups (broad SMARTS) is 1. The highest BCUT2D eigenvalue weighted by molar-refractivity contribution is 7.98. The molecule has 0 unspecified atom stereocenters. The number of aromatic nitrogens is 3. The highest BCUT2D eigenvalue weighted by Gasteiger charge is 2.15. The first-order valence-corrected chi connectivity index (χ1v) is 9.20. The number of halogens is 1. The molecule has 0 aliphatic carbocycles. The molecule has 0 atom stereocenters. The Hall–Kier alpha value is -2.57. The van der Waals surface area contributed by atoms with Crippen molar-refractivity contribution in [1.82, 2.24) is 14.8 Å². The van der Waals surface area contributed by atoms with Gasteiger partial charge in [-0.25, -0.2) is 4.79 Å². The Morgan fingerprint density at radius 2 is 1.92 bits per heavy atom. The fourth-order valence-electron chi connectivity index (χ4n) is 2.42. The Labute approximate surface area is 160 Å². The van der Waals surface area contributed by atoms with Crippen LogP contribution in [0.15, 0.2) is 66.3 Å². The molecule has 0 aliphatic rings. The summed E-state index contributed by atoms with van der Waals surface area (Å²) in [4.78, 5) is 10.9. The molecule has 1 aromatic heterocycles. The van der Waals surface area contributed by atoms with Crippen molar-refractivity contribution in [1.29, 1.82) is 0 Å². The highest BCUT2D eigenvalue weighted by Crippen LogP contribution is 2.30. The fraction of sp³-hybridized carbons (Fsp3) is 0.105. The zero-order valence-electron chi connectivity index (χ0n) is 13.8. The first-order chi connectivity index (χ1) is 12.6. The Morgan fingerprint density at radius 3 is 2.58 bits per heavy atom. The topological polar surface area (TPSA) is 68.0 Å². The maximum atomic E-state index is 10.9. The predicted octanol–water partition coefficient (Wildman–Crippen LogP) is 4.78. The zero-order valence-corrected chi connectivity index (χ0v) is 15.4. The van der Waals surface area contributed by atoms with E-state index in [2.05, 4.69) is 16.8 Å². The number of rotatable bonds is 7. The summed E-state index contributed by atoms with van der Waals surface area (Å²) in [6.07, 6.45) is 1.79. The van der Waals surface area contributed by atoms with E-state index in [-0.39, 0.29) is 5.56 Å². The molecule has 0 amide bonds. The van der Waals surface area contributed by atoms with E-state index >= 15 is 0 Å². The van der Waals surface area contributed by atoms with Gasteiger partial charge in [-0.05, 0) is 29.8 Å². The number of hydrogen-bond donors (Lipinski definition) is 1. The van der Waals surface area contributed by atoms with Crippen LogP contribution in [-0.4, -0.2) is 25.8 Å². The first-order valence-electron chi connectivity index (χ1n) is 7.84. The molecule has 0 radical (unpaired) electrons. The van der Waals surface area contributed by atoms with Crippen LogP contribution in [0.2, 0.25) is 5.02 Å². The molecule has 0 saturated heterocycles. The van der Waals surface area contributed by atoms with Crippen molar-refractivity contribution in [3.05, 3.63) is 77.3 Å². The summed E-state index contributed by atoms with van der Waals surface area (Å²) in [6.45, 7) is 4.37. The van der Waals surface area contributed by atoms with Gasteiger partial charge in [0.15, 0.2) is 11.0 Å². The molecule has 26 heavy (non-hydrogen) atoms. The Kier molecular flexibility index (Phi) is 5.75. The normalized spacial score (nSPS) is 10.7. The number of allylic oxidation sites excluding steroid dienone is 1. The van der Waals surface area contributed by atoms with Gasteiger partial charge in [0.05, 0.1) is 10.6 Å². The van der Waals surface area contributed by atoms with Gasteiger partial charge in [0.25, 0.3) is 0 Å². The lowest BCUT2D eigenvalue weighted by molar-refractivity contribution is 0.0697. The Balaban J connectivity index is 1.83. The van der Waals surface area contributed by atoms with Crippen LogP contribution in [0.3, 0.4) is 0 Å². The van der Waals surface area contributed by atoms with Gasteiger partial charge in [-0.1, -0.05) is 53.7 Å². The van der Waals surface area contributed by atoms with Gasteiger partial charge < -0.3 is 5.11 Å². The van der Waals surface area contributed by atoms with E-state index in [1.54, 1.807) is 30.3 Å². The average molecular weight is 386 g/mol. The van der Waals surface area contributed by atoms with Crippen molar-refractivity contribution >= 4 is 29.3 Å². The van der Waals surface area contributed by atoms with Crippen LogP contribution in [-0.2, 0) is 12.3 Å². The predicted molar refractivity (Wildman–Crippen MR) is 104 cm³/mol. The summed E-state index contributed by atoms with van der Waals surface area (Å²) in [5, 5.41) is 18.9. The van der Waals surface area contributed by atoms with Crippen LogP contribution in [0.4, 0.5) is 0 Å². The summed E-state index contributed by atoms with van der Waals surface area (Å²) in [7, 11) is 0. The van der Waals surface area contributed by atoms with E-state index in [0.717, 1.165) is 16.3 Å². The fourth-order valence-corrected chi connectivity index (χ4v) is 3.55. The number of nitrogens with zero attached hydrogens (tertiary/aromatic N) is 3. The molecule has 1 heterocycles. The van der Waals surface area contributed by atoms with Crippen LogP contribution in [0, 0.1) is 0 Å². The lowest BCUT2D eigenvalue weighted by Crippen LogP contribution is -2.01. The lowest BCUT2D eigenvalue weighted by Gasteiger charge is -2.09. The minimum atomic E-state index is -0.931. The molecular formula is C19H16ClN3O2S. The number of benzene rings is 2. The second-order valence-corrected chi connectivity index (χ2v) is 6.83. The van der Waals surface area contributed by atoms with Gasteiger partial charge in [0, 0.05) is 17.9 Å². The minimum Gasteiger partial charge on any atom is -0.478 e. The molecule has 0 aliphatic heterocycles. The summed E-state index contributed by atoms with van der Waals surface area (Å²) in [5.74, 6) is 0.413. The highest BCUT2D eigenvalue weighted by atomic mass is 35.5. The third-order valence-electron chi connectivity index (χ3n) is 3.71. The van der Waals surface area contributed by atoms with Crippen LogP contribution in [0.5, 0.6) is 0 Å². The van der Waals surface area contributed by atoms with E-state index in [9.17, 15) is 4.79 Å². The maximum absolute atomic E-state index is 10.9. The van der Waals surface area contributed by atoms with Gasteiger partial charge >= 0.3 is 5.97 Å². The van der Waals surface area contributed by atoms with Crippen molar-refractivity contribution in [2.75, 3.05) is 0 Å². The van der Waals surface area contributed by atoms with Crippen molar-refractivity contribution in [2.45, 2.75) is 17.5 Å². The lowest BCUT2D eigenvalue weighted by atomic mass is 10.1. The van der Waals surface area contributed by atoms with Gasteiger partial charge in [-0.2, -0.15) is 0 Å². The van der Waals surface area contributed by atoms with Crippen molar-refractivity contribution < 1.29 is 9.90 Å². The standard InChI is InChI=1S/C19H16ClN3O2S/c1-2-11-23-17(15-5-3-4-6-16(15)20)21-22-19(23)26-12-13-7-9-14(10-8-13)18(24)25/h2-10H,1,11-12H2,(H,24,25). The maximum Gasteiger partial charge on any atom is 0.335 e. The van der Waals surface area contributed by atoms with Crippen LogP contribution in [0.25, 0.3) is 11.4 Å². The molecule has 3 aromatic rings. The van der Waals surface area contributed by atoms with Crippen molar-refractivity contribution in [2.24, 2.45) is 0 Å². The van der Waals surface area contributed by atoms with E-state index in [1.165, 1.54) is 11.8 Å². The minimum absolute atomic E-state index is 0.273. The smallest absolute Gasteiger partial charge is 0.335 e. The Bertz CT molecular complexity index is 938. The molecule has 7 heteroatoms.